The number of carbonyl (C=O) groups is 1. The van der Waals surface area contributed by atoms with Crippen LogP contribution in [0.4, 0.5) is 0 Å². The molecule has 0 spiro atoms. The monoisotopic (exact) mass is 324 g/mol. The van der Waals surface area contributed by atoms with Crippen molar-refractivity contribution in [3.05, 3.63) is 17.7 Å². The maximum atomic E-state index is 10.5. The zero-order valence-electron chi connectivity index (χ0n) is 7.35. The van der Waals surface area contributed by atoms with Crippen molar-refractivity contribution in [2.75, 3.05) is 0 Å². The Morgan fingerprint density at radius 2 is 1.93 bits per heavy atom. The van der Waals surface area contributed by atoms with Crippen molar-refractivity contribution < 1.29 is 45.1 Å². The van der Waals surface area contributed by atoms with E-state index in [9.17, 15) is 15.0 Å². The fraction of sp³-hybridized carbons (Fsp3) is 0. The predicted octanol–water partition coefficient (Wildman–Crippen LogP) is -2.21. The quantitative estimate of drug-likeness (QED) is 0.431. The number of benzene rings is 1. The second kappa shape index (κ2) is 4.82. The molecule has 1 aromatic rings. The van der Waals surface area contributed by atoms with Gasteiger partial charge in [-0.3, -0.25) is 0 Å². The minimum atomic E-state index is -1.25. The van der Waals surface area contributed by atoms with Gasteiger partial charge in [0.1, 0.15) is 0 Å². The number of nitrogens with zero attached hydrogens (tertiary/aromatic N) is 1. The Morgan fingerprint density at radius 1 is 1.40 bits per heavy atom. The molecule has 0 aromatic heterocycles. The van der Waals surface area contributed by atoms with Crippen molar-refractivity contribution in [2.45, 2.75) is 0 Å². The summed E-state index contributed by atoms with van der Waals surface area (Å²) < 4.78 is 8.41. The number of phenols is 2. The van der Waals surface area contributed by atoms with Crippen LogP contribution in [0.3, 0.4) is 0 Å². The van der Waals surface area contributed by atoms with E-state index >= 15 is 0 Å². The van der Waals surface area contributed by atoms with Gasteiger partial charge in [0, 0.05) is 0 Å². The average molecular weight is 324 g/mol. The first kappa shape index (κ1) is 11.6. The third-order valence-electron chi connectivity index (χ3n) is 1.46. The van der Waals surface area contributed by atoms with Gasteiger partial charge in [-0.25, -0.2) is 0 Å². The maximum absolute atomic E-state index is 10.5. The van der Waals surface area contributed by atoms with E-state index < -0.39 is 39.4 Å². The molecule has 0 atom stereocenters. The fourth-order valence-corrected chi connectivity index (χ4v) is 1.65. The summed E-state index contributed by atoms with van der Waals surface area (Å²) >= 11 is -1.06. The van der Waals surface area contributed by atoms with E-state index in [4.69, 9.17) is 8.17 Å². The first-order chi connectivity index (χ1) is 7.06. The van der Waals surface area contributed by atoms with Gasteiger partial charge in [0.05, 0.1) is 0 Å². The van der Waals surface area contributed by atoms with E-state index in [0.29, 0.717) is 0 Å². The first-order valence-corrected chi connectivity index (χ1v) is 5.47. The van der Waals surface area contributed by atoms with Gasteiger partial charge in [0.25, 0.3) is 0 Å². The van der Waals surface area contributed by atoms with Gasteiger partial charge >= 0.3 is 95.9 Å². The third kappa shape index (κ3) is 2.72. The molecule has 15 heavy (non-hydrogen) atoms. The van der Waals surface area contributed by atoms with Crippen molar-refractivity contribution in [2.24, 2.45) is 3.21 Å². The summed E-state index contributed by atoms with van der Waals surface area (Å²) in [7, 11) is 0. The second-order valence-corrected chi connectivity index (χ2v) is 3.93. The number of carboxylic acids is 1. The summed E-state index contributed by atoms with van der Waals surface area (Å²) in [6.45, 7) is 3.20. The molecule has 7 heteroatoms. The van der Waals surface area contributed by atoms with Gasteiger partial charge in [-0.15, -0.1) is 0 Å². The molecule has 0 aliphatic heterocycles. The van der Waals surface area contributed by atoms with Crippen molar-refractivity contribution in [3.63, 3.8) is 0 Å². The fourth-order valence-electron chi connectivity index (χ4n) is 0.860. The molecule has 0 amide bonds. The third-order valence-corrected chi connectivity index (χ3v) is 2.37. The van der Waals surface area contributed by atoms with Gasteiger partial charge in [-0.2, -0.15) is 0 Å². The van der Waals surface area contributed by atoms with Crippen molar-refractivity contribution >= 4 is 12.7 Å². The molecule has 0 bridgehead atoms. The van der Waals surface area contributed by atoms with Crippen LogP contribution in [0.15, 0.2) is 15.3 Å². The number of aromatic hydroxyl groups is 2. The number of carboxylic acid groups (broad SMARTS) is 1. The molecule has 0 radical (unpaired) electrons. The van der Waals surface area contributed by atoms with Gasteiger partial charge < -0.3 is 0 Å². The van der Waals surface area contributed by atoms with E-state index in [1.807, 2.05) is 0 Å². The van der Waals surface area contributed by atoms with Gasteiger partial charge in [0.2, 0.25) is 0 Å². The minimum absolute atomic E-state index is 0.166. The number of hydrogen-bond donors (Lipinski definition) is 3. The zero-order chi connectivity index (χ0) is 11.4. The molecule has 0 fully saturated rings. The van der Waals surface area contributed by atoms with Gasteiger partial charge in [-0.05, 0) is 0 Å². The zero-order valence-corrected chi connectivity index (χ0v) is 9.50. The van der Waals surface area contributed by atoms with Gasteiger partial charge in [-0.1, -0.05) is 0 Å². The molecule has 1 rings (SSSR count). The van der Waals surface area contributed by atoms with E-state index in [2.05, 4.69) is 9.92 Å². The average Bonchev–Trinajstić information content (AvgIpc) is 2.16. The molecule has 0 heterocycles. The van der Waals surface area contributed by atoms with Crippen LogP contribution >= 0.6 is 0 Å². The van der Waals surface area contributed by atoms with E-state index in [0.717, 1.165) is 12.1 Å². The summed E-state index contributed by atoms with van der Waals surface area (Å²) in [5.41, 5.74) is -0.220. The molecule has 1 aromatic carbocycles. The Kier molecular flexibility index (Phi) is 3.72. The van der Waals surface area contributed by atoms with Crippen LogP contribution in [0.1, 0.15) is 10.4 Å². The summed E-state index contributed by atoms with van der Waals surface area (Å²) in [5.74, 6) is -2.28. The van der Waals surface area contributed by atoms with E-state index in [1.165, 1.54) is 0 Å². The number of aromatic carboxylic acids is 1. The molecule has 0 aliphatic rings. The van der Waals surface area contributed by atoms with Crippen molar-refractivity contribution in [1.29, 1.82) is 0 Å². The van der Waals surface area contributed by atoms with Crippen LogP contribution < -0.4 is 25.0 Å². The van der Waals surface area contributed by atoms with Crippen LogP contribution in [0.25, 0.3) is 0 Å². The molecule has 0 unspecified atom stereocenters. The Labute approximate surface area is 96.0 Å². The number of rotatable bonds is 4. The molecule has 6 nitrogen and oxygen atoms in total. The molecule has 3 N–H and O–H groups in total. The Morgan fingerprint density at radius 3 is 2.33 bits per heavy atom. The summed E-state index contributed by atoms with van der Waals surface area (Å²) in [4.78, 5) is 10.5. The molecular formula is C8H7INO5-. The van der Waals surface area contributed by atoms with Crippen LogP contribution in [0.5, 0.6) is 17.2 Å². The van der Waals surface area contributed by atoms with Crippen LogP contribution in [0, 0.1) is 0 Å². The first-order valence-electron chi connectivity index (χ1n) is 3.62. The van der Waals surface area contributed by atoms with Crippen LogP contribution in [0.2, 0.25) is 0 Å². The molecule has 0 saturated heterocycles. The molecule has 0 saturated carbocycles. The van der Waals surface area contributed by atoms with Crippen molar-refractivity contribution in [3.8, 4) is 17.2 Å². The summed E-state index contributed by atoms with van der Waals surface area (Å²) in [6, 6.07) is 1.98. The van der Waals surface area contributed by atoms with E-state index in [1.54, 1.807) is 0 Å². The standard InChI is InChI=1S/C8H7INO5/c1-10-9-15-7-5(11)2-4(8(13)14)3-6(7)12/h2-3,11-12H,1H2,(H,13,14)/q-1. The molecule has 82 valence electrons. The normalized spacial score (nSPS) is 9.87. The number of phenolic OH excluding ortho intramolecular Hbond substituents is 2. The predicted molar refractivity (Wildman–Crippen MR) is 46.9 cm³/mol. The van der Waals surface area contributed by atoms with Crippen molar-refractivity contribution in [1.82, 2.24) is 0 Å². The van der Waals surface area contributed by atoms with Gasteiger partial charge in [0.15, 0.2) is 0 Å². The number of hydrogen-bond acceptors (Lipinski definition) is 5. The Hall–Kier alpha value is -1.51. The summed E-state index contributed by atoms with van der Waals surface area (Å²) in [6.07, 6.45) is 0. The molecular weight excluding hydrogens is 317 g/mol. The Bertz CT molecular complexity index is 383. The molecule has 0 aliphatic carbocycles. The Balaban J connectivity index is 3.09. The summed E-state index contributed by atoms with van der Waals surface area (Å²) in [5, 5.41) is 27.3. The number of halogens is 1. The topological polar surface area (TPSA) is 99.4 Å². The SMILES string of the molecule is C=N[I-]Oc1c(O)cc(C(=O)O)cc1O. The van der Waals surface area contributed by atoms with E-state index in [-0.39, 0.29) is 11.3 Å². The van der Waals surface area contributed by atoms with Crippen LogP contribution in [-0.2, 0) is 0 Å². The van der Waals surface area contributed by atoms with Crippen LogP contribution in [-0.4, -0.2) is 28.0 Å². The second-order valence-electron chi connectivity index (χ2n) is 2.41.